The van der Waals surface area contributed by atoms with Gasteiger partial charge in [0.15, 0.2) is 0 Å². The average molecular weight is 254 g/mol. The van der Waals surface area contributed by atoms with Crippen LogP contribution in [-0.4, -0.2) is 40.0 Å². The van der Waals surface area contributed by atoms with Crippen molar-refractivity contribution in [2.24, 2.45) is 0 Å². The summed E-state index contributed by atoms with van der Waals surface area (Å²) >= 11 is 0. The van der Waals surface area contributed by atoms with Gasteiger partial charge in [-0.2, -0.15) is 4.39 Å². The summed E-state index contributed by atoms with van der Waals surface area (Å²) in [4.78, 5) is 23.0. The summed E-state index contributed by atoms with van der Waals surface area (Å²) in [6.07, 6.45) is -0.0842. The zero-order chi connectivity index (χ0) is 13.3. The highest BCUT2D eigenvalue weighted by Crippen LogP contribution is 2.21. The number of hydrogen-bond acceptors (Lipinski definition) is 4. The maximum atomic E-state index is 13.1. The minimum Gasteiger partial charge on any atom is -0.391 e. The lowest BCUT2D eigenvalue weighted by Crippen LogP contribution is -2.29. The van der Waals surface area contributed by atoms with Crippen molar-refractivity contribution in [3.05, 3.63) is 39.7 Å². The molecule has 1 unspecified atom stereocenters. The molecule has 1 aliphatic rings. The molecule has 1 aliphatic heterocycles. The van der Waals surface area contributed by atoms with Crippen molar-refractivity contribution in [1.29, 1.82) is 0 Å². The fraction of sp³-hybridized carbons (Fsp3) is 0.364. The number of aliphatic hydroxyl groups excluding tert-OH is 1. The number of nitro groups is 1. The normalized spacial score (nSPS) is 19.0. The van der Waals surface area contributed by atoms with Gasteiger partial charge in [-0.05, 0) is 18.6 Å². The summed E-state index contributed by atoms with van der Waals surface area (Å²) in [6.45, 7) is 0.592. The standard InChI is InChI=1S/C11H11FN2O4/c12-9-2-1-7(5-10(9)14(17)18)11(16)13-4-3-8(15)6-13/h1-2,5,8,15H,3-4,6H2. The molecule has 0 aliphatic carbocycles. The molecule has 18 heavy (non-hydrogen) atoms. The second kappa shape index (κ2) is 4.69. The van der Waals surface area contributed by atoms with E-state index < -0.39 is 28.4 Å². The van der Waals surface area contributed by atoms with Crippen LogP contribution < -0.4 is 0 Å². The van der Waals surface area contributed by atoms with E-state index in [1.165, 1.54) is 11.0 Å². The van der Waals surface area contributed by atoms with Crippen molar-refractivity contribution >= 4 is 11.6 Å². The summed E-state index contributed by atoms with van der Waals surface area (Å²) in [5, 5.41) is 19.9. The SMILES string of the molecule is O=C(c1ccc(F)c([N+](=O)[O-])c1)N1CCC(O)C1. The summed E-state index contributed by atoms with van der Waals surface area (Å²) in [5.74, 6) is -1.41. The number of amides is 1. The predicted molar refractivity (Wildman–Crippen MR) is 59.6 cm³/mol. The lowest BCUT2D eigenvalue weighted by molar-refractivity contribution is -0.387. The minimum absolute atomic E-state index is 0.0530. The maximum absolute atomic E-state index is 13.1. The summed E-state index contributed by atoms with van der Waals surface area (Å²) in [5.41, 5.74) is -0.669. The molecule has 1 N–H and O–H groups in total. The highest BCUT2D eigenvalue weighted by Gasteiger charge is 2.27. The van der Waals surface area contributed by atoms with Gasteiger partial charge < -0.3 is 10.0 Å². The van der Waals surface area contributed by atoms with Crippen LogP contribution in [0.1, 0.15) is 16.8 Å². The largest absolute Gasteiger partial charge is 0.391 e. The maximum Gasteiger partial charge on any atom is 0.305 e. The van der Waals surface area contributed by atoms with Gasteiger partial charge in [0.25, 0.3) is 5.91 Å². The predicted octanol–water partition coefficient (Wildman–Crippen LogP) is 0.941. The molecular weight excluding hydrogens is 243 g/mol. The first kappa shape index (κ1) is 12.4. The van der Waals surface area contributed by atoms with Gasteiger partial charge in [0, 0.05) is 24.7 Å². The van der Waals surface area contributed by atoms with E-state index in [1.54, 1.807) is 0 Å². The van der Waals surface area contributed by atoms with E-state index in [-0.39, 0.29) is 12.1 Å². The number of β-amino-alcohol motifs (C(OH)–C–C–N with tert-alkyl or cyclic N) is 1. The molecule has 96 valence electrons. The third-order valence-electron chi connectivity index (χ3n) is 2.84. The molecule has 1 saturated heterocycles. The topological polar surface area (TPSA) is 83.7 Å². The summed E-state index contributed by atoms with van der Waals surface area (Å²) in [6, 6.07) is 3.02. The lowest BCUT2D eigenvalue weighted by atomic mass is 10.1. The highest BCUT2D eigenvalue weighted by molar-refractivity contribution is 5.95. The van der Waals surface area contributed by atoms with Crippen molar-refractivity contribution < 1.29 is 19.2 Å². The van der Waals surface area contributed by atoms with Gasteiger partial charge in [-0.25, -0.2) is 0 Å². The Morgan fingerprint density at radius 2 is 2.28 bits per heavy atom. The van der Waals surface area contributed by atoms with Gasteiger partial charge in [0.05, 0.1) is 11.0 Å². The molecule has 0 bridgehead atoms. The molecule has 0 aromatic heterocycles. The minimum atomic E-state index is -0.974. The molecular formula is C11H11FN2O4. The number of rotatable bonds is 2. The van der Waals surface area contributed by atoms with E-state index in [9.17, 15) is 24.4 Å². The number of benzene rings is 1. The Balaban J connectivity index is 2.26. The van der Waals surface area contributed by atoms with Gasteiger partial charge in [-0.3, -0.25) is 14.9 Å². The number of nitro benzene ring substituents is 1. The highest BCUT2D eigenvalue weighted by atomic mass is 19.1. The van der Waals surface area contributed by atoms with E-state index in [0.29, 0.717) is 13.0 Å². The van der Waals surface area contributed by atoms with E-state index in [2.05, 4.69) is 0 Å². The van der Waals surface area contributed by atoms with E-state index in [4.69, 9.17) is 0 Å². The number of nitrogens with zero attached hydrogens (tertiary/aromatic N) is 2. The molecule has 0 radical (unpaired) electrons. The average Bonchev–Trinajstić information content (AvgIpc) is 2.75. The van der Waals surface area contributed by atoms with Crippen LogP contribution in [0, 0.1) is 15.9 Å². The van der Waals surface area contributed by atoms with Gasteiger partial charge in [-0.1, -0.05) is 0 Å². The van der Waals surface area contributed by atoms with Crippen LogP contribution in [0.4, 0.5) is 10.1 Å². The Labute approximate surface area is 102 Å². The second-order valence-electron chi connectivity index (χ2n) is 4.12. The quantitative estimate of drug-likeness (QED) is 0.628. The van der Waals surface area contributed by atoms with Crippen LogP contribution >= 0.6 is 0 Å². The second-order valence-corrected chi connectivity index (χ2v) is 4.12. The molecule has 1 aromatic rings. The summed E-state index contributed by atoms with van der Waals surface area (Å²) in [7, 11) is 0. The van der Waals surface area contributed by atoms with Crippen LogP contribution in [0.2, 0.25) is 0 Å². The summed E-state index contributed by atoms with van der Waals surface area (Å²) < 4.78 is 13.1. The number of carbonyl (C=O) groups excluding carboxylic acids is 1. The molecule has 1 heterocycles. The number of aliphatic hydroxyl groups is 1. The molecule has 7 heteroatoms. The number of hydrogen-bond donors (Lipinski definition) is 1. The molecule has 1 atom stereocenters. The van der Waals surface area contributed by atoms with Crippen LogP contribution in [-0.2, 0) is 0 Å². The fourth-order valence-corrected chi connectivity index (χ4v) is 1.89. The molecule has 2 rings (SSSR count). The zero-order valence-electron chi connectivity index (χ0n) is 9.38. The molecule has 0 spiro atoms. The lowest BCUT2D eigenvalue weighted by Gasteiger charge is -2.15. The number of halogens is 1. The number of likely N-dealkylation sites (tertiary alicyclic amines) is 1. The molecule has 1 amide bonds. The van der Waals surface area contributed by atoms with E-state index in [0.717, 1.165) is 12.1 Å². The van der Waals surface area contributed by atoms with Crippen molar-refractivity contribution in [2.75, 3.05) is 13.1 Å². The van der Waals surface area contributed by atoms with Crippen molar-refractivity contribution in [3.63, 3.8) is 0 Å². The first-order valence-electron chi connectivity index (χ1n) is 5.40. The molecule has 1 fully saturated rings. The smallest absolute Gasteiger partial charge is 0.305 e. The fourth-order valence-electron chi connectivity index (χ4n) is 1.89. The Hall–Kier alpha value is -2.02. The monoisotopic (exact) mass is 254 g/mol. The van der Waals surface area contributed by atoms with Gasteiger partial charge >= 0.3 is 5.69 Å². The van der Waals surface area contributed by atoms with Crippen LogP contribution in [0.25, 0.3) is 0 Å². The Morgan fingerprint density at radius 1 is 1.56 bits per heavy atom. The Morgan fingerprint density at radius 3 is 2.83 bits per heavy atom. The molecule has 1 aromatic carbocycles. The van der Waals surface area contributed by atoms with Crippen molar-refractivity contribution in [3.8, 4) is 0 Å². The third kappa shape index (κ3) is 2.30. The Kier molecular flexibility index (Phi) is 3.24. The zero-order valence-corrected chi connectivity index (χ0v) is 9.38. The molecule has 0 saturated carbocycles. The van der Waals surface area contributed by atoms with Crippen LogP contribution in [0.3, 0.4) is 0 Å². The Bertz CT molecular complexity index is 506. The number of carbonyl (C=O) groups is 1. The van der Waals surface area contributed by atoms with E-state index in [1.807, 2.05) is 0 Å². The first-order chi connectivity index (χ1) is 8.49. The van der Waals surface area contributed by atoms with Crippen LogP contribution in [0.5, 0.6) is 0 Å². The van der Waals surface area contributed by atoms with E-state index >= 15 is 0 Å². The van der Waals surface area contributed by atoms with Crippen molar-refractivity contribution in [1.82, 2.24) is 4.90 Å². The van der Waals surface area contributed by atoms with Gasteiger partial charge in [0.2, 0.25) is 5.82 Å². The third-order valence-corrected chi connectivity index (χ3v) is 2.84. The van der Waals surface area contributed by atoms with Crippen LogP contribution in [0.15, 0.2) is 18.2 Å². The van der Waals surface area contributed by atoms with Crippen molar-refractivity contribution in [2.45, 2.75) is 12.5 Å². The van der Waals surface area contributed by atoms with Gasteiger partial charge in [0.1, 0.15) is 0 Å². The van der Waals surface area contributed by atoms with Gasteiger partial charge in [-0.15, -0.1) is 0 Å². The molecule has 6 nitrogen and oxygen atoms in total. The first-order valence-corrected chi connectivity index (χ1v) is 5.40.